The van der Waals surface area contributed by atoms with E-state index in [2.05, 4.69) is 60.3 Å². The number of rotatable bonds is 3. The first kappa shape index (κ1) is 15.9. The number of aromatic nitrogens is 4. The summed E-state index contributed by atoms with van der Waals surface area (Å²) < 4.78 is 2.34. The van der Waals surface area contributed by atoms with Gasteiger partial charge in [-0.2, -0.15) is 0 Å². The van der Waals surface area contributed by atoms with Crippen molar-refractivity contribution in [2.75, 3.05) is 19.6 Å². The summed E-state index contributed by atoms with van der Waals surface area (Å²) in [6.45, 7) is 6.02. The molecule has 2 aromatic heterocycles. The van der Waals surface area contributed by atoms with Crippen molar-refractivity contribution in [2.24, 2.45) is 0 Å². The van der Waals surface area contributed by atoms with Gasteiger partial charge in [0.25, 0.3) is 0 Å². The second kappa shape index (κ2) is 6.78. The quantitative estimate of drug-likeness (QED) is 0.787. The van der Waals surface area contributed by atoms with Crippen LogP contribution in [-0.2, 0) is 19.6 Å². The number of nitrogens with zero attached hydrogens (tertiary/aromatic N) is 5. The van der Waals surface area contributed by atoms with Crippen molar-refractivity contribution in [3.05, 3.63) is 53.7 Å². The smallest absolute Gasteiger partial charge is 0.147 e. The lowest BCUT2D eigenvalue weighted by Gasteiger charge is -2.33. The first-order chi connectivity index (χ1) is 12.9. The number of piperidine rings is 1. The highest BCUT2D eigenvalue weighted by Gasteiger charge is 2.27. The third-order valence-corrected chi connectivity index (χ3v) is 5.66. The zero-order valence-corrected chi connectivity index (χ0v) is 14.9. The van der Waals surface area contributed by atoms with Gasteiger partial charge in [0.1, 0.15) is 11.6 Å². The maximum atomic E-state index is 4.55. The molecule has 6 nitrogen and oxygen atoms in total. The Bertz CT molecular complexity index is 912. The molecule has 0 amide bonds. The molecule has 1 atom stereocenters. The molecule has 0 aliphatic carbocycles. The van der Waals surface area contributed by atoms with Crippen LogP contribution in [-0.4, -0.2) is 44.3 Å². The summed E-state index contributed by atoms with van der Waals surface area (Å²) in [7, 11) is 0. The van der Waals surface area contributed by atoms with Gasteiger partial charge in [0.05, 0.1) is 12.1 Å². The fourth-order valence-corrected chi connectivity index (χ4v) is 4.36. The molecule has 1 fully saturated rings. The molecule has 2 aliphatic heterocycles. The average molecular weight is 348 g/mol. The van der Waals surface area contributed by atoms with E-state index < -0.39 is 0 Å². The summed E-state index contributed by atoms with van der Waals surface area (Å²) >= 11 is 0. The lowest BCUT2D eigenvalue weighted by Crippen LogP contribution is -2.36. The number of fused-ring (bicyclic) bond motifs is 2. The minimum atomic E-state index is 0.483. The Morgan fingerprint density at radius 2 is 2.08 bits per heavy atom. The fraction of sp³-hybridized carbons (Fsp3) is 0.450. The summed E-state index contributed by atoms with van der Waals surface area (Å²) in [5.74, 6) is 2.76. The monoisotopic (exact) mass is 348 g/mol. The molecular formula is C20H24N6. The van der Waals surface area contributed by atoms with Gasteiger partial charge in [-0.25, -0.2) is 0 Å². The first-order valence-corrected chi connectivity index (χ1v) is 9.56. The van der Waals surface area contributed by atoms with Crippen molar-refractivity contribution in [1.29, 1.82) is 0 Å². The summed E-state index contributed by atoms with van der Waals surface area (Å²) in [6.07, 6.45) is 4.36. The Hall–Kier alpha value is -2.31. The zero-order valence-electron chi connectivity index (χ0n) is 14.9. The summed E-state index contributed by atoms with van der Waals surface area (Å²) in [5, 5.41) is 13.6. The van der Waals surface area contributed by atoms with E-state index in [1.54, 1.807) is 0 Å². The van der Waals surface area contributed by atoms with E-state index in [0.717, 1.165) is 50.6 Å². The molecule has 1 saturated heterocycles. The molecule has 26 heavy (non-hydrogen) atoms. The average Bonchev–Trinajstić information content (AvgIpc) is 3.13. The van der Waals surface area contributed by atoms with Crippen LogP contribution in [0.1, 0.15) is 36.0 Å². The lowest BCUT2D eigenvalue weighted by atomic mass is 9.96. The van der Waals surface area contributed by atoms with E-state index in [1.807, 2.05) is 6.20 Å². The molecule has 1 aromatic carbocycles. The van der Waals surface area contributed by atoms with E-state index in [0.29, 0.717) is 5.92 Å². The molecule has 0 saturated carbocycles. The molecule has 4 heterocycles. The topological polar surface area (TPSA) is 58.9 Å². The normalized spacial score (nSPS) is 21.0. The Balaban J connectivity index is 1.37. The van der Waals surface area contributed by atoms with Crippen LogP contribution < -0.4 is 5.32 Å². The SMILES string of the molecule is c1ccc2c(CN3CCC[C@@H](c4nnc5n4CCNC5)C3)ccnc2c1. The van der Waals surface area contributed by atoms with Gasteiger partial charge in [-0.3, -0.25) is 9.88 Å². The third-order valence-electron chi connectivity index (χ3n) is 5.66. The molecular weight excluding hydrogens is 324 g/mol. The third kappa shape index (κ3) is 2.89. The fourth-order valence-electron chi connectivity index (χ4n) is 4.36. The molecule has 0 bridgehead atoms. The number of likely N-dealkylation sites (tertiary alicyclic amines) is 1. The van der Waals surface area contributed by atoms with Gasteiger partial charge in [0.2, 0.25) is 0 Å². The Morgan fingerprint density at radius 1 is 1.12 bits per heavy atom. The number of para-hydroxylation sites is 1. The Kier molecular flexibility index (Phi) is 4.15. The van der Waals surface area contributed by atoms with Gasteiger partial charge in [0, 0.05) is 43.7 Å². The van der Waals surface area contributed by atoms with Gasteiger partial charge in [-0.1, -0.05) is 18.2 Å². The van der Waals surface area contributed by atoms with Crippen molar-refractivity contribution in [3.63, 3.8) is 0 Å². The molecule has 0 spiro atoms. The van der Waals surface area contributed by atoms with Crippen molar-refractivity contribution >= 4 is 10.9 Å². The van der Waals surface area contributed by atoms with Gasteiger partial charge >= 0.3 is 0 Å². The number of benzene rings is 1. The predicted octanol–water partition coefficient (Wildman–Crippen LogP) is 2.31. The van der Waals surface area contributed by atoms with Crippen molar-refractivity contribution < 1.29 is 0 Å². The van der Waals surface area contributed by atoms with E-state index in [1.165, 1.54) is 29.6 Å². The molecule has 0 radical (unpaired) electrons. The molecule has 134 valence electrons. The molecule has 0 unspecified atom stereocenters. The molecule has 2 aliphatic rings. The molecule has 6 heteroatoms. The summed E-state index contributed by atoms with van der Waals surface area (Å²) in [6, 6.07) is 10.6. The van der Waals surface area contributed by atoms with Crippen LogP contribution >= 0.6 is 0 Å². The Morgan fingerprint density at radius 3 is 3.08 bits per heavy atom. The minimum Gasteiger partial charge on any atom is -0.312 e. The summed E-state index contributed by atoms with van der Waals surface area (Å²) in [4.78, 5) is 7.06. The number of pyridine rings is 1. The van der Waals surface area contributed by atoms with Crippen molar-refractivity contribution in [2.45, 2.75) is 38.4 Å². The summed E-state index contributed by atoms with van der Waals surface area (Å²) in [5.41, 5.74) is 2.45. The van der Waals surface area contributed by atoms with E-state index >= 15 is 0 Å². The second-order valence-electron chi connectivity index (χ2n) is 7.36. The van der Waals surface area contributed by atoms with Crippen LogP contribution in [0.4, 0.5) is 0 Å². The van der Waals surface area contributed by atoms with Gasteiger partial charge < -0.3 is 9.88 Å². The highest BCUT2D eigenvalue weighted by Crippen LogP contribution is 2.28. The van der Waals surface area contributed by atoms with Crippen LogP contribution in [0.15, 0.2) is 36.5 Å². The van der Waals surface area contributed by atoms with Crippen molar-refractivity contribution in [1.82, 2.24) is 30.0 Å². The lowest BCUT2D eigenvalue weighted by molar-refractivity contribution is 0.194. The standard InChI is InChI=1S/C20H24N6/c1-2-6-18-17(5-1)15(7-8-22-18)13-25-10-3-4-16(14-25)20-24-23-19-12-21-9-11-26(19)20/h1-2,5-8,16,21H,3-4,9-14H2/t16-/m1/s1. The number of nitrogens with one attached hydrogen (secondary N) is 1. The minimum absolute atomic E-state index is 0.483. The maximum absolute atomic E-state index is 4.55. The number of hydrogen-bond acceptors (Lipinski definition) is 5. The van der Waals surface area contributed by atoms with Crippen LogP contribution in [0, 0.1) is 0 Å². The molecule has 3 aromatic rings. The van der Waals surface area contributed by atoms with Gasteiger partial charge in [0.15, 0.2) is 0 Å². The van der Waals surface area contributed by atoms with E-state index in [9.17, 15) is 0 Å². The van der Waals surface area contributed by atoms with Crippen LogP contribution in [0.2, 0.25) is 0 Å². The van der Waals surface area contributed by atoms with Crippen LogP contribution in [0.25, 0.3) is 10.9 Å². The number of hydrogen-bond donors (Lipinski definition) is 1. The maximum Gasteiger partial charge on any atom is 0.147 e. The highest BCUT2D eigenvalue weighted by molar-refractivity contribution is 5.81. The largest absolute Gasteiger partial charge is 0.312 e. The van der Waals surface area contributed by atoms with Gasteiger partial charge in [-0.15, -0.1) is 10.2 Å². The van der Waals surface area contributed by atoms with Crippen molar-refractivity contribution in [3.8, 4) is 0 Å². The highest BCUT2D eigenvalue weighted by atomic mass is 15.3. The Labute approximate surface area is 153 Å². The van der Waals surface area contributed by atoms with E-state index in [4.69, 9.17) is 0 Å². The van der Waals surface area contributed by atoms with E-state index in [-0.39, 0.29) is 0 Å². The van der Waals surface area contributed by atoms with Crippen LogP contribution in [0.3, 0.4) is 0 Å². The van der Waals surface area contributed by atoms with Crippen LogP contribution in [0.5, 0.6) is 0 Å². The molecule has 5 rings (SSSR count). The predicted molar refractivity (Wildman–Crippen MR) is 101 cm³/mol. The second-order valence-corrected chi connectivity index (χ2v) is 7.36. The first-order valence-electron chi connectivity index (χ1n) is 9.56. The molecule has 1 N–H and O–H groups in total. The zero-order chi connectivity index (χ0) is 17.3. The van der Waals surface area contributed by atoms with Gasteiger partial charge in [-0.05, 0) is 37.1 Å².